The van der Waals surface area contributed by atoms with Gasteiger partial charge in [-0.05, 0) is 24.3 Å². The van der Waals surface area contributed by atoms with Crippen molar-refractivity contribution >= 4 is 70.2 Å². The van der Waals surface area contributed by atoms with Crippen LogP contribution in [0.5, 0.6) is 0 Å². The van der Waals surface area contributed by atoms with Gasteiger partial charge in [-0.1, -0.05) is 41.4 Å². The number of hydrogen-bond donors (Lipinski definition) is 0. The fourth-order valence-corrected chi connectivity index (χ4v) is 3.49. The summed E-state index contributed by atoms with van der Waals surface area (Å²) in [4.78, 5) is 6.86. The van der Waals surface area contributed by atoms with Gasteiger partial charge in [0.25, 0.3) is 0 Å². The molecule has 26 heavy (non-hydrogen) atoms. The van der Waals surface area contributed by atoms with Crippen LogP contribution in [0, 0.1) is 0 Å². The van der Waals surface area contributed by atoms with Crippen LogP contribution in [-0.4, -0.2) is 36.2 Å². The minimum Gasteiger partial charge on any atom is -0.320 e. The van der Waals surface area contributed by atoms with Crippen molar-refractivity contribution in [1.82, 2.24) is 0 Å². The van der Waals surface area contributed by atoms with Gasteiger partial charge in [0.1, 0.15) is 0 Å². The van der Waals surface area contributed by atoms with Gasteiger partial charge in [-0.3, -0.25) is 4.99 Å². The number of alkyl halides is 1. The van der Waals surface area contributed by atoms with Crippen molar-refractivity contribution in [2.75, 3.05) is 23.9 Å². The molecule has 8 heteroatoms. The van der Waals surface area contributed by atoms with Crippen LogP contribution >= 0.6 is 47.2 Å². The van der Waals surface area contributed by atoms with E-state index >= 15 is 0 Å². The standard InChI is InChI=1S/C18H13Cl3N4.ClH/c19-8-12-10-25-16-6-5-11(20)7-14(16)18(22-9-17(25)24-23-12)13-3-1-2-4-15(13)21;/h1-7H,8-10H2;1H. The van der Waals surface area contributed by atoms with Crippen LogP contribution < -0.4 is 4.90 Å². The maximum Gasteiger partial charge on any atom is 0.154 e. The zero-order chi connectivity index (χ0) is 17.4. The van der Waals surface area contributed by atoms with E-state index in [-0.39, 0.29) is 12.4 Å². The second kappa shape index (κ2) is 7.97. The van der Waals surface area contributed by atoms with Gasteiger partial charge in [0.05, 0.1) is 36.1 Å². The summed E-state index contributed by atoms with van der Waals surface area (Å²) < 4.78 is 0. The first-order valence-corrected chi connectivity index (χ1v) is 9.01. The summed E-state index contributed by atoms with van der Waals surface area (Å²) in [6, 6.07) is 13.4. The Labute approximate surface area is 172 Å². The number of aliphatic imine (C=N–C) groups is 1. The van der Waals surface area contributed by atoms with Crippen molar-refractivity contribution in [3.63, 3.8) is 0 Å². The third kappa shape index (κ3) is 3.47. The molecule has 0 saturated heterocycles. The second-order valence-corrected chi connectivity index (χ2v) is 6.82. The van der Waals surface area contributed by atoms with Crippen LogP contribution in [0.4, 0.5) is 5.69 Å². The molecular weight excluding hydrogens is 414 g/mol. The van der Waals surface area contributed by atoms with E-state index in [1.807, 2.05) is 42.5 Å². The number of hydrogen-bond acceptors (Lipinski definition) is 4. The number of amidine groups is 1. The van der Waals surface area contributed by atoms with Crippen LogP contribution in [0.3, 0.4) is 0 Å². The molecule has 2 aromatic carbocycles. The molecule has 0 bridgehead atoms. The molecule has 0 aromatic heterocycles. The molecule has 0 unspecified atom stereocenters. The monoisotopic (exact) mass is 426 g/mol. The van der Waals surface area contributed by atoms with Crippen molar-refractivity contribution < 1.29 is 0 Å². The molecule has 4 nitrogen and oxygen atoms in total. The molecule has 0 atom stereocenters. The Kier molecular flexibility index (Phi) is 5.88. The van der Waals surface area contributed by atoms with E-state index < -0.39 is 0 Å². The van der Waals surface area contributed by atoms with Crippen LogP contribution in [0.2, 0.25) is 10.0 Å². The number of fused-ring (bicyclic) bond motifs is 3. The quantitative estimate of drug-likeness (QED) is 0.616. The van der Waals surface area contributed by atoms with E-state index in [2.05, 4.69) is 15.1 Å². The summed E-state index contributed by atoms with van der Waals surface area (Å²) in [6.07, 6.45) is 0. The summed E-state index contributed by atoms with van der Waals surface area (Å²) in [7, 11) is 0. The lowest BCUT2D eigenvalue weighted by atomic mass is 10.00. The summed E-state index contributed by atoms with van der Waals surface area (Å²) in [5.41, 5.74) is 4.37. The fourth-order valence-electron chi connectivity index (χ4n) is 2.95. The van der Waals surface area contributed by atoms with Crippen LogP contribution in [0.1, 0.15) is 11.1 Å². The average molecular weight is 428 g/mol. The van der Waals surface area contributed by atoms with Gasteiger partial charge in [0, 0.05) is 21.2 Å². The van der Waals surface area contributed by atoms with Crippen LogP contribution in [0.25, 0.3) is 0 Å². The maximum absolute atomic E-state index is 6.42. The number of benzene rings is 2. The molecule has 2 aliphatic rings. The summed E-state index contributed by atoms with van der Waals surface area (Å²) >= 11 is 18.6. The lowest BCUT2D eigenvalue weighted by Gasteiger charge is -2.27. The number of nitrogens with zero attached hydrogens (tertiary/aromatic N) is 4. The van der Waals surface area contributed by atoms with E-state index in [0.717, 1.165) is 34.1 Å². The van der Waals surface area contributed by atoms with Crippen molar-refractivity contribution in [2.45, 2.75) is 0 Å². The van der Waals surface area contributed by atoms with Crippen molar-refractivity contribution in [3.8, 4) is 0 Å². The van der Waals surface area contributed by atoms with Gasteiger partial charge in [-0.25, -0.2) is 0 Å². The molecule has 2 aromatic rings. The molecule has 0 aliphatic carbocycles. The SMILES string of the molecule is Cl.ClCC1=NN=C2CN=C(c3ccccc3Cl)c3cc(Cl)ccc3N2C1. The Balaban J connectivity index is 0.00000196. The first kappa shape index (κ1) is 19.2. The molecule has 0 amide bonds. The first-order chi connectivity index (χ1) is 12.2. The van der Waals surface area contributed by atoms with E-state index in [1.54, 1.807) is 0 Å². The van der Waals surface area contributed by atoms with Crippen LogP contribution in [-0.2, 0) is 0 Å². The predicted octanol–water partition coefficient (Wildman–Crippen LogP) is 5.08. The zero-order valence-electron chi connectivity index (χ0n) is 13.5. The second-order valence-electron chi connectivity index (χ2n) is 5.71. The summed E-state index contributed by atoms with van der Waals surface area (Å²) in [6.45, 7) is 0.994. The lowest BCUT2D eigenvalue weighted by Crippen LogP contribution is -2.40. The van der Waals surface area contributed by atoms with Crippen molar-refractivity contribution in [1.29, 1.82) is 0 Å². The summed E-state index contributed by atoms with van der Waals surface area (Å²) in [5, 5.41) is 9.78. The predicted molar refractivity (Wildman–Crippen MR) is 114 cm³/mol. The highest BCUT2D eigenvalue weighted by molar-refractivity contribution is 6.37. The Hall–Kier alpha value is -1.59. The van der Waals surface area contributed by atoms with E-state index in [0.29, 0.717) is 29.0 Å². The first-order valence-electron chi connectivity index (χ1n) is 7.72. The Morgan fingerprint density at radius 3 is 2.58 bits per heavy atom. The Morgan fingerprint density at radius 1 is 1.00 bits per heavy atom. The molecule has 2 heterocycles. The van der Waals surface area contributed by atoms with Gasteiger partial charge in [0.2, 0.25) is 0 Å². The zero-order valence-corrected chi connectivity index (χ0v) is 16.6. The van der Waals surface area contributed by atoms with Crippen LogP contribution in [0.15, 0.2) is 57.7 Å². The molecular formula is C18H14Cl4N4. The van der Waals surface area contributed by atoms with E-state index in [4.69, 9.17) is 39.8 Å². The van der Waals surface area contributed by atoms with Gasteiger partial charge in [0.15, 0.2) is 5.84 Å². The van der Waals surface area contributed by atoms with Crippen molar-refractivity contribution in [2.24, 2.45) is 15.2 Å². The normalized spacial score (nSPS) is 15.7. The molecule has 2 aliphatic heterocycles. The minimum atomic E-state index is 0. The molecule has 134 valence electrons. The maximum atomic E-state index is 6.42. The molecule has 0 spiro atoms. The highest BCUT2D eigenvalue weighted by atomic mass is 35.5. The fraction of sp³-hybridized carbons (Fsp3) is 0.167. The topological polar surface area (TPSA) is 40.3 Å². The highest BCUT2D eigenvalue weighted by Crippen LogP contribution is 2.32. The van der Waals surface area contributed by atoms with Gasteiger partial charge < -0.3 is 4.90 Å². The van der Waals surface area contributed by atoms with Crippen molar-refractivity contribution in [3.05, 3.63) is 63.6 Å². The largest absolute Gasteiger partial charge is 0.320 e. The Bertz CT molecular complexity index is 937. The van der Waals surface area contributed by atoms with Gasteiger partial charge in [-0.2, -0.15) is 5.10 Å². The summed E-state index contributed by atoms with van der Waals surface area (Å²) in [5.74, 6) is 1.12. The highest BCUT2D eigenvalue weighted by Gasteiger charge is 2.27. The lowest BCUT2D eigenvalue weighted by molar-refractivity contribution is 1.03. The number of rotatable bonds is 2. The third-order valence-corrected chi connectivity index (χ3v) is 5.00. The Morgan fingerprint density at radius 2 is 1.81 bits per heavy atom. The van der Waals surface area contributed by atoms with E-state index in [9.17, 15) is 0 Å². The smallest absolute Gasteiger partial charge is 0.154 e. The van der Waals surface area contributed by atoms with E-state index in [1.165, 1.54) is 0 Å². The molecule has 0 saturated carbocycles. The average Bonchev–Trinajstić information content (AvgIpc) is 2.78. The van der Waals surface area contributed by atoms with Gasteiger partial charge in [-0.15, -0.1) is 29.1 Å². The van der Waals surface area contributed by atoms with Gasteiger partial charge >= 0.3 is 0 Å². The third-order valence-electron chi connectivity index (χ3n) is 4.13. The minimum absolute atomic E-state index is 0. The molecule has 0 fully saturated rings. The number of halogens is 4. The molecule has 0 radical (unpaired) electrons. The molecule has 4 rings (SSSR count). The number of anilines is 1. The molecule has 0 N–H and O–H groups in total.